The number of halogens is 1. The van der Waals surface area contributed by atoms with Crippen molar-refractivity contribution in [3.8, 4) is 0 Å². The van der Waals surface area contributed by atoms with E-state index in [0.717, 1.165) is 43.3 Å². The van der Waals surface area contributed by atoms with Crippen molar-refractivity contribution in [2.75, 3.05) is 6.54 Å². The van der Waals surface area contributed by atoms with Gasteiger partial charge in [-0.3, -0.25) is 0 Å². The lowest BCUT2D eigenvalue weighted by atomic mass is 10.2. The Labute approximate surface area is 123 Å². The van der Waals surface area contributed by atoms with Crippen molar-refractivity contribution in [3.05, 3.63) is 34.8 Å². The highest BCUT2D eigenvalue weighted by molar-refractivity contribution is 6.28. The molecule has 0 bridgehead atoms. The Hall–Kier alpha value is -1.33. The lowest BCUT2D eigenvalue weighted by molar-refractivity contribution is 0.483. The van der Waals surface area contributed by atoms with E-state index in [0.29, 0.717) is 11.8 Å². The number of nitrogens with one attached hydrogen (secondary N) is 1. The number of fused-ring (bicyclic) bond motifs is 1. The Bertz CT molecular complexity index is 563. The fourth-order valence-electron chi connectivity index (χ4n) is 2.59. The molecule has 0 atom stereocenters. The Morgan fingerprint density at radius 3 is 3.05 bits per heavy atom. The molecule has 1 aliphatic rings. The summed E-state index contributed by atoms with van der Waals surface area (Å²) in [6, 6.07) is 3.65. The molecule has 20 heavy (non-hydrogen) atoms. The molecule has 6 heteroatoms. The molecule has 5 nitrogen and oxygen atoms in total. The van der Waals surface area contributed by atoms with E-state index in [9.17, 15) is 0 Å². The Morgan fingerprint density at radius 1 is 1.25 bits per heavy atom. The minimum atomic E-state index is 0.435. The number of nitrogens with zero attached hydrogens (tertiary/aromatic N) is 3. The quantitative estimate of drug-likeness (QED) is 0.861. The summed E-state index contributed by atoms with van der Waals surface area (Å²) in [5, 5.41) is 12.4. The summed E-state index contributed by atoms with van der Waals surface area (Å²) in [6.07, 6.45) is 5.71. The summed E-state index contributed by atoms with van der Waals surface area (Å²) in [4.78, 5) is 0. The highest BCUT2D eigenvalue weighted by Gasteiger charge is 2.13. The first kappa shape index (κ1) is 13.6. The molecule has 0 radical (unpaired) electrons. The molecular weight excluding hydrogens is 276 g/mol. The Kier molecular flexibility index (Phi) is 4.38. The second-order valence-electron chi connectivity index (χ2n) is 5.13. The predicted octanol–water partition coefficient (Wildman–Crippen LogP) is 2.58. The van der Waals surface area contributed by atoms with Gasteiger partial charge in [-0.15, -0.1) is 10.2 Å². The molecule has 1 N–H and O–H groups in total. The zero-order valence-electron chi connectivity index (χ0n) is 11.4. The van der Waals surface area contributed by atoms with Gasteiger partial charge in [-0.25, -0.2) is 0 Å². The summed E-state index contributed by atoms with van der Waals surface area (Å²) in [7, 11) is 0. The maximum Gasteiger partial charge on any atom is 0.193 e. The van der Waals surface area contributed by atoms with E-state index >= 15 is 0 Å². The van der Waals surface area contributed by atoms with E-state index in [1.807, 2.05) is 6.07 Å². The summed E-state index contributed by atoms with van der Waals surface area (Å²) >= 11 is 5.73. The molecule has 0 saturated heterocycles. The minimum Gasteiger partial charge on any atom is -0.448 e. The molecule has 0 saturated carbocycles. The zero-order valence-corrected chi connectivity index (χ0v) is 12.2. The highest BCUT2D eigenvalue weighted by Crippen LogP contribution is 2.15. The molecule has 2 aromatic rings. The largest absolute Gasteiger partial charge is 0.448 e. The Balaban J connectivity index is 1.50. The normalized spacial score (nSPS) is 15.1. The van der Waals surface area contributed by atoms with Gasteiger partial charge in [-0.05, 0) is 36.6 Å². The lowest BCUT2D eigenvalue weighted by Crippen LogP contribution is -2.18. The van der Waals surface area contributed by atoms with Crippen LogP contribution in [0.1, 0.15) is 36.7 Å². The fourth-order valence-corrected chi connectivity index (χ4v) is 2.75. The third-order valence-corrected chi connectivity index (χ3v) is 3.84. The van der Waals surface area contributed by atoms with Crippen LogP contribution in [0.15, 0.2) is 16.5 Å². The molecule has 0 unspecified atom stereocenters. The maximum absolute atomic E-state index is 5.73. The van der Waals surface area contributed by atoms with Gasteiger partial charge >= 0.3 is 0 Å². The maximum atomic E-state index is 5.73. The van der Waals surface area contributed by atoms with Crippen LogP contribution in [0.4, 0.5) is 0 Å². The molecule has 0 spiro atoms. The van der Waals surface area contributed by atoms with Crippen LogP contribution in [-0.2, 0) is 25.9 Å². The van der Waals surface area contributed by atoms with Crippen molar-refractivity contribution in [1.82, 2.24) is 20.1 Å². The van der Waals surface area contributed by atoms with Gasteiger partial charge in [0, 0.05) is 25.9 Å². The van der Waals surface area contributed by atoms with Crippen molar-refractivity contribution >= 4 is 11.6 Å². The van der Waals surface area contributed by atoms with Gasteiger partial charge < -0.3 is 14.3 Å². The third kappa shape index (κ3) is 3.22. The van der Waals surface area contributed by atoms with Crippen LogP contribution in [0.3, 0.4) is 0 Å². The van der Waals surface area contributed by atoms with Gasteiger partial charge in [0.05, 0.1) is 6.54 Å². The Morgan fingerprint density at radius 2 is 2.20 bits per heavy atom. The standard InChI is InChI=1S/C14H19ClN4O/c15-12-6-5-11(20-12)10-16-8-7-14-18-17-13-4-2-1-3-9-19(13)14/h5-6,16H,1-4,7-10H2. The third-order valence-electron chi connectivity index (χ3n) is 3.64. The fraction of sp³-hybridized carbons (Fsp3) is 0.571. The predicted molar refractivity (Wildman–Crippen MR) is 76.7 cm³/mol. The van der Waals surface area contributed by atoms with Gasteiger partial charge in [0.25, 0.3) is 0 Å². The number of hydrogen-bond donors (Lipinski definition) is 1. The van der Waals surface area contributed by atoms with Crippen molar-refractivity contribution < 1.29 is 4.42 Å². The smallest absolute Gasteiger partial charge is 0.193 e. The average molecular weight is 295 g/mol. The molecule has 0 fully saturated rings. The second kappa shape index (κ2) is 6.41. The van der Waals surface area contributed by atoms with Crippen LogP contribution in [0.25, 0.3) is 0 Å². The molecular formula is C14H19ClN4O. The molecule has 1 aliphatic heterocycles. The SMILES string of the molecule is Clc1ccc(CNCCc2nnc3n2CCCCC3)o1. The zero-order chi connectivity index (χ0) is 13.8. The molecule has 3 heterocycles. The highest BCUT2D eigenvalue weighted by atomic mass is 35.5. The number of aryl methyl sites for hydroxylation is 1. The van der Waals surface area contributed by atoms with Gasteiger partial charge in [0.15, 0.2) is 5.22 Å². The first-order chi connectivity index (χ1) is 9.83. The molecule has 0 amide bonds. The second-order valence-corrected chi connectivity index (χ2v) is 5.50. The summed E-state index contributed by atoms with van der Waals surface area (Å²) < 4.78 is 7.59. The van der Waals surface area contributed by atoms with E-state index in [-0.39, 0.29) is 0 Å². The van der Waals surface area contributed by atoms with Crippen LogP contribution >= 0.6 is 11.6 Å². The lowest BCUT2D eigenvalue weighted by Gasteiger charge is -2.07. The molecule has 0 aromatic carbocycles. The first-order valence-electron chi connectivity index (χ1n) is 7.19. The van der Waals surface area contributed by atoms with Crippen molar-refractivity contribution in [3.63, 3.8) is 0 Å². The number of aromatic nitrogens is 3. The van der Waals surface area contributed by atoms with Crippen LogP contribution < -0.4 is 5.32 Å². The molecule has 2 aromatic heterocycles. The van der Waals surface area contributed by atoms with E-state index in [1.165, 1.54) is 19.3 Å². The van der Waals surface area contributed by atoms with Crippen LogP contribution in [-0.4, -0.2) is 21.3 Å². The average Bonchev–Trinajstić information content (AvgIpc) is 2.94. The molecule has 108 valence electrons. The first-order valence-corrected chi connectivity index (χ1v) is 7.56. The van der Waals surface area contributed by atoms with Crippen LogP contribution in [0, 0.1) is 0 Å². The number of furan rings is 1. The van der Waals surface area contributed by atoms with E-state index in [2.05, 4.69) is 20.1 Å². The molecule has 0 aliphatic carbocycles. The molecule has 3 rings (SSSR count). The summed E-state index contributed by atoms with van der Waals surface area (Å²) in [5.41, 5.74) is 0. The summed E-state index contributed by atoms with van der Waals surface area (Å²) in [5.74, 6) is 3.09. The number of hydrogen-bond acceptors (Lipinski definition) is 4. The van der Waals surface area contributed by atoms with Gasteiger partial charge in [0.1, 0.15) is 17.4 Å². The minimum absolute atomic E-state index is 0.435. The van der Waals surface area contributed by atoms with Gasteiger partial charge in [0.2, 0.25) is 0 Å². The summed E-state index contributed by atoms with van der Waals surface area (Å²) in [6.45, 7) is 2.61. The van der Waals surface area contributed by atoms with E-state index in [1.54, 1.807) is 6.07 Å². The van der Waals surface area contributed by atoms with E-state index in [4.69, 9.17) is 16.0 Å². The topological polar surface area (TPSA) is 55.9 Å². The van der Waals surface area contributed by atoms with Crippen LogP contribution in [0.5, 0.6) is 0 Å². The van der Waals surface area contributed by atoms with Gasteiger partial charge in [-0.1, -0.05) is 6.42 Å². The van der Waals surface area contributed by atoms with Crippen molar-refractivity contribution in [2.45, 2.75) is 45.2 Å². The van der Waals surface area contributed by atoms with Crippen LogP contribution in [0.2, 0.25) is 5.22 Å². The van der Waals surface area contributed by atoms with Gasteiger partial charge in [-0.2, -0.15) is 0 Å². The van der Waals surface area contributed by atoms with Crippen molar-refractivity contribution in [2.24, 2.45) is 0 Å². The number of rotatable bonds is 5. The van der Waals surface area contributed by atoms with E-state index < -0.39 is 0 Å². The van der Waals surface area contributed by atoms with Crippen molar-refractivity contribution in [1.29, 1.82) is 0 Å². The monoisotopic (exact) mass is 294 g/mol.